The number of fused-ring (bicyclic) bond motifs is 3. The number of hydrogen-bond donors (Lipinski definition) is 2. The van der Waals surface area contributed by atoms with Crippen LogP contribution in [0.4, 0.5) is 0 Å². The summed E-state index contributed by atoms with van der Waals surface area (Å²) in [7, 11) is 0. The van der Waals surface area contributed by atoms with Crippen molar-refractivity contribution >= 4 is 27.6 Å². The Bertz CT molecular complexity index is 1100. The SMILES string of the molecule is c1ccc(C2N=C(c3ccc4ccc5cccnc5c4n3)NN2)cc1. The van der Waals surface area contributed by atoms with Gasteiger partial charge in [-0.3, -0.25) is 4.98 Å². The first-order valence-corrected chi connectivity index (χ1v) is 8.18. The van der Waals surface area contributed by atoms with Gasteiger partial charge in [-0.25, -0.2) is 15.4 Å². The van der Waals surface area contributed by atoms with E-state index in [1.54, 1.807) is 6.20 Å². The highest BCUT2D eigenvalue weighted by Gasteiger charge is 2.20. The molecule has 0 spiro atoms. The summed E-state index contributed by atoms with van der Waals surface area (Å²) in [6.07, 6.45) is 1.69. The molecule has 0 bridgehead atoms. The molecule has 0 amide bonds. The van der Waals surface area contributed by atoms with Gasteiger partial charge in [-0.05, 0) is 17.7 Å². The van der Waals surface area contributed by atoms with E-state index < -0.39 is 0 Å². The van der Waals surface area contributed by atoms with E-state index in [9.17, 15) is 0 Å². The molecule has 0 radical (unpaired) electrons. The number of amidine groups is 1. The van der Waals surface area contributed by atoms with Crippen LogP contribution in [0.25, 0.3) is 21.8 Å². The molecule has 5 heteroatoms. The van der Waals surface area contributed by atoms with E-state index in [-0.39, 0.29) is 6.17 Å². The van der Waals surface area contributed by atoms with Crippen molar-refractivity contribution in [1.82, 2.24) is 20.8 Å². The largest absolute Gasteiger partial charge is 0.302 e. The molecule has 2 N–H and O–H groups in total. The summed E-state index contributed by atoms with van der Waals surface area (Å²) in [6, 6.07) is 22.3. The number of aromatic nitrogens is 2. The molecule has 5 rings (SSSR count). The normalized spacial score (nSPS) is 16.8. The number of benzene rings is 2. The summed E-state index contributed by atoms with van der Waals surface area (Å²) in [4.78, 5) is 14.0. The Balaban J connectivity index is 1.60. The first-order valence-electron chi connectivity index (χ1n) is 8.18. The Morgan fingerprint density at radius 1 is 0.760 bits per heavy atom. The lowest BCUT2D eigenvalue weighted by molar-refractivity contribution is 0.575. The Labute approximate surface area is 144 Å². The second-order valence-electron chi connectivity index (χ2n) is 5.97. The van der Waals surface area contributed by atoms with Crippen LogP contribution in [0, 0.1) is 0 Å². The molecular weight excluding hydrogens is 310 g/mol. The maximum absolute atomic E-state index is 4.82. The van der Waals surface area contributed by atoms with Gasteiger partial charge in [0.15, 0.2) is 5.84 Å². The summed E-state index contributed by atoms with van der Waals surface area (Å²) >= 11 is 0. The molecular formula is C20H15N5. The van der Waals surface area contributed by atoms with Gasteiger partial charge in [0.05, 0.1) is 11.0 Å². The minimum Gasteiger partial charge on any atom is -0.302 e. The van der Waals surface area contributed by atoms with Gasteiger partial charge in [0.25, 0.3) is 0 Å². The molecule has 1 atom stereocenters. The molecule has 120 valence electrons. The van der Waals surface area contributed by atoms with Gasteiger partial charge in [0.2, 0.25) is 0 Å². The van der Waals surface area contributed by atoms with Crippen LogP contribution in [0.3, 0.4) is 0 Å². The first-order chi connectivity index (χ1) is 12.4. The highest BCUT2D eigenvalue weighted by Crippen LogP contribution is 2.23. The quantitative estimate of drug-likeness (QED) is 0.555. The van der Waals surface area contributed by atoms with Crippen molar-refractivity contribution in [3.8, 4) is 0 Å². The van der Waals surface area contributed by atoms with Crippen LogP contribution in [0.1, 0.15) is 17.4 Å². The molecule has 0 saturated heterocycles. The smallest absolute Gasteiger partial charge is 0.163 e. The van der Waals surface area contributed by atoms with Crippen LogP contribution in [-0.2, 0) is 0 Å². The predicted molar refractivity (Wildman–Crippen MR) is 99.0 cm³/mol. The fourth-order valence-corrected chi connectivity index (χ4v) is 3.11. The average molecular weight is 325 g/mol. The van der Waals surface area contributed by atoms with E-state index in [0.29, 0.717) is 0 Å². The summed E-state index contributed by atoms with van der Waals surface area (Å²) in [5.41, 5.74) is 10.1. The number of nitrogens with zero attached hydrogens (tertiary/aromatic N) is 3. The average Bonchev–Trinajstić information content (AvgIpc) is 3.18. The Kier molecular flexibility index (Phi) is 3.18. The zero-order valence-electron chi connectivity index (χ0n) is 13.3. The second kappa shape index (κ2) is 5.65. The van der Waals surface area contributed by atoms with Gasteiger partial charge in [0.1, 0.15) is 11.9 Å². The molecule has 5 nitrogen and oxygen atoms in total. The zero-order valence-corrected chi connectivity index (χ0v) is 13.3. The van der Waals surface area contributed by atoms with Crippen molar-refractivity contribution in [2.24, 2.45) is 4.99 Å². The van der Waals surface area contributed by atoms with Gasteiger partial charge in [-0.15, -0.1) is 0 Å². The lowest BCUT2D eigenvalue weighted by Gasteiger charge is -2.06. The number of hydrazine groups is 1. The van der Waals surface area contributed by atoms with Gasteiger partial charge in [-0.1, -0.05) is 54.6 Å². The van der Waals surface area contributed by atoms with E-state index in [1.807, 2.05) is 30.3 Å². The standard InChI is InChI=1S/C20H15N5/c1-2-5-15(6-3-1)19-23-20(25-24-19)16-11-10-14-9-8-13-7-4-12-21-17(13)18(14)22-16/h1-12,19,24H,(H,23,25). The third-order valence-electron chi connectivity index (χ3n) is 4.38. The Morgan fingerprint density at radius 3 is 2.44 bits per heavy atom. The van der Waals surface area contributed by atoms with E-state index in [0.717, 1.165) is 38.9 Å². The fraction of sp³-hybridized carbons (Fsp3) is 0.0500. The van der Waals surface area contributed by atoms with Gasteiger partial charge in [-0.2, -0.15) is 0 Å². The third kappa shape index (κ3) is 2.42. The predicted octanol–water partition coefficient (Wildman–Crippen LogP) is 3.34. The molecule has 0 aliphatic carbocycles. The van der Waals surface area contributed by atoms with E-state index in [4.69, 9.17) is 9.98 Å². The van der Waals surface area contributed by atoms with Crippen molar-refractivity contribution in [2.45, 2.75) is 6.17 Å². The lowest BCUT2D eigenvalue weighted by atomic mass is 10.1. The van der Waals surface area contributed by atoms with Crippen LogP contribution in [0.15, 0.2) is 77.9 Å². The monoisotopic (exact) mass is 325 g/mol. The van der Waals surface area contributed by atoms with Crippen LogP contribution >= 0.6 is 0 Å². The number of hydrogen-bond acceptors (Lipinski definition) is 5. The maximum atomic E-state index is 4.82. The van der Waals surface area contributed by atoms with Gasteiger partial charge in [0, 0.05) is 17.0 Å². The highest BCUT2D eigenvalue weighted by atomic mass is 15.5. The molecule has 2 aromatic carbocycles. The Morgan fingerprint density at radius 2 is 1.56 bits per heavy atom. The van der Waals surface area contributed by atoms with Gasteiger partial charge < -0.3 is 5.43 Å². The second-order valence-corrected chi connectivity index (χ2v) is 5.97. The molecule has 2 aromatic heterocycles. The zero-order chi connectivity index (χ0) is 16.6. The molecule has 0 fully saturated rings. The van der Waals surface area contributed by atoms with Crippen LogP contribution in [-0.4, -0.2) is 15.8 Å². The van der Waals surface area contributed by atoms with Crippen LogP contribution < -0.4 is 10.9 Å². The molecule has 3 heterocycles. The van der Waals surface area contributed by atoms with E-state index in [2.05, 4.69) is 52.2 Å². The molecule has 1 aliphatic rings. The molecule has 25 heavy (non-hydrogen) atoms. The molecule has 4 aromatic rings. The minimum atomic E-state index is -0.112. The van der Waals surface area contributed by atoms with E-state index >= 15 is 0 Å². The number of aliphatic imine (C=N–C) groups is 1. The van der Waals surface area contributed by atoms with E-state index in [1.165, 1.54) is 0 Å². The molecule has 0 saturated carbocycles. The van der Waals surface area contributed by atoms with Crippen molar-refractivity contribution < 1.29 is 0 Å². The number of rotatable bonds is 2. The topological polar surface area (TPSA) is 62.2 Å². The fourth-order valence-electron chi connectivity index (χ4n) is 3.11. The summed E-state index contributed by atoms with van der Waals surface area (Å²) in [6.45, 7) is 0. The summed E-state index contributed by atoms with van der Waals surface area (Å²) in [5, 5.41) is 2.15. The Hall–Kier alpha value is -3.31. The third-order valence-corrected chi connectivity index (χ3v) is 4.38. The highest BCUT2D eigenvalue weighted by molar-refractivity contribution is 6.05. The molecule has 1 unspecified atom stereocenters. The maximum Gasteiger partial charge on any atom is 0.163 e. The number of nitrogens with one attached hydrogen (secondary N) is 2. The molecule has 1 aliphatic heterocycles. The van der Waals surface area contributed by atoms with Crippen LogP contribution in [0.2, 0.25) is 0 Å². The van der Waals surface area contributed by atoms with Crippen molar-refractivity contribution in [2.75, 3.05) is 0 Å². The number of pyridine rings is 2. The minimum absolute atomic E-state index is 0.112. The van der Waals surface area contributed by atoms with Gasteiger partial charge >= 0.3 is 0 Å². The van der Waals surface area contributed by atoms with Crippen molar-refractivity contribution in [1.29, 1.82) is 0 Å². The van der Waals surface area contributed by atoms with Crippen molar-refractivity contribution in [3.63, 3.8) is 0 Å². The van der Waals surface area contributed by atoms with Crippen LogP contribution in [0.5, 0.6) is 0 Å². The lowest BCUT2D eigenvalue weighted by Crippen LogP contribution is -2.32. The van der Waals surface area contributed by atoms with Crippen molar-refractivity contribution in [3.05, 3.63) is 84.2 Å². The summed E-state index contributed by atoms with van der Waals surface area (Å²) in [5.74, 6) is 0.740. The first kappa shape index (κ1) is 14.1. The summed E-state index contributed by atoms with van der Waals surface area (Å²) < 4.78 is 0.